The van der Waals surface area contributed by atoms with Gasteiger partial charge in [-0.1, -0.05) is 42.5 Å². The summed E-state index contributed by atoms with van der Waals surface area (Å²) in [4.78, 5) is 24.3. The summed E-state index contributed by atoms with van der Waals surface area (Å²) in [6.07, 6.45) is 1.33. The van der Waals surface area contributed by atoms with Crippen LogP contribution in [0.15, 0.2) is 42.5 Å². The van der Waals surface area contributed by atoms with Crippen molar-refractivity contribution in [3.05, 3.63) is 48.0 Å². The summed E-state index contributed by atoms with van der Waals surface area (Å²) < 4.78 is 5.53. The molecule has 1 amide bonds. The number of hydrogen-bond acceptors (Lipinski definition) is 3. The lowest BCUT2D eigenvalue weighted by Gasteiger charge is -2.21. The zero-order chi connectivity index (χ0) is 17.1. The molecule has 5 heteroatoms. The SMILES string of the molecule is CCOC(C(=O)NC(C(=O)O)c1cccc2ccccc12)C1CC1. The zero-order valence-electron chi connectivity index (χ0n) is 13.6. The van der Waals surface area contributed by atoms with Gasteiger partial charge >= 0.3 is 5.97 Å². The Labute approximate surface area is 140 Å². The Hall–Kier alpha value is -2.40. The van der Waals surface area contributed by atoms with Crippen molar-refractivity contribution in [3.63, 3.8) is 0 Å². The molecule has 0 aliphatic heterocycles. The Kier molecular flexibility index (Phi) is 4.81. The quantitative estimate of drug-likeness (QED) is 0.820. The van der Waals surface area contributed by atoms with Crippen LogP contribution in [0, 0.1) is 5.92 Å². The molecule has 1 aliphatic rings. The smallest absolute Gasteiger partial charge is 0.330 e. The van der Waals surface area contributed by atoms with E-state index in [2.05, 4.69) is 5.32 Å². The number of aliphatic carboxylic acids is 1. The third-order valence-electron chi connectivity index (χ3n) is 4.32. The van der Waals surface area contributed by atoms with E-state index in [0.29, 0.717) is 12.2 Å². The van der Waals surface area contributed by atoms with Crippen LogP contribution in [0.25, 0.3) is 10.8 Å². The first-order valence-electron chi connectivity index (χ1n) is 8.24. The van der Waals surface area contributed by atoms with Crippen molar-refractivity contribution < 1.29 is 19.4 Å². The molecule has 0 radical (unpaired) electrons. The molecule has 3 rings (SSSR count). The maximum atomic E-state index is 12.5. The number of carbonyl (C=O) groups is 2. The van der Waals surface area contributed by atoms with E-state index in [0.717, 1.165) is 23.6 Å². The first-order valence-corrected chi connectivity index (χ1v) is 8.24. The van der Waals surface area contributed by atoms with Crippen molar-refractivity contribution >= 4 is 22.6 Å². The molecule has 24 heavy (non-hydrogen) atoms. The summed E-state index contributed by atoms with van der Waals surface area (Å²) in [5, 5.41) is 14.1. The summed E-state index contributed by atoms with van der Waals surface area (Å²) in [5.41, 5.74) is 0.583. The Bertz CT molecular complexity index is 749. The van der Waals surface area contributed by atoms with Crippen molar-refractivity contribution in [1.82, 2.24) is 5.32 Å². The second kappa shape index (κ2) is 7.01. The third kappa shape index (κ3) is 3.41. The normalized spacial score (nSPS) is 16.5. The van der Waals surface area contributed by atoms with E-state index in [4.69, 9.17) is 4.74 Å². The molecule has 2 aromatic carbocycles. The van der Waals surface area contributed by atoms with E-state index in [1.165, 1.54) is 0 Å². The van der Waals surface area contributed by atoms with Crippen molar-refractivity contribution in [1.29, 1.82) is 0 Å². The van der Waals surface area contributed by atoms with Gasteiger partial charge < -0.3 is 15.2 Å². The minimum atomic E-state index is -1.09. The molecule has 0 heterocycles. The summed E-state index contributed by atoms with van der Waals surface area (Å²) in [6, 6.07) is 11.9. The largest absolute Gasteiger partial charge is 0.479 e. The monoisotopic (exact) mass is 327 g/mol. The van der Waals surface area contributed by atoms with Gasteiger partial charge in [0.05, 0.1) is 0 Å². The van der Waals surface area contributed by atoms with Crippen molar-refractivity contribution in [3.8, 4) is 0 Å². The minimum Gasteiger partial charge on any atom is -0.479 e. The zero-order valence-corrected chi connectivity index (χ0v) is 13.6. The molecule has 1 saturated carbocycles. The number of ether oxygens (including phenoxy) is 1. The fourth-order valence-electron chi connectivity index (χ4n) is 3.00. The Morgan fingerprint density at radius 1 is 1.21 bits per heavy atom. The molecular formula is C19H21NO4. The second-order valence-corrected chi connectivity index (χ2v) is 6.06. The Balaban J connectivity index is 1.89. The van der Waals surface area contributed by atoms with Crippen LogP contribution in [0.1, 0.15) is 31.4 Å². The van der Waals surface area contributed by atoms with Gasteiger partial charge in [-0.05, 0) is 42.0 Å². The molecule has 126 valence electrons. The maximum Gasteiger partial charge on any atom is 0.330 e. The van der Waals surface area contributed by atoms with Gasteiger partial charge in [-0.2, -0.15) is 0 Å². The lowest BCUT2D eigenvalue weighted by molar-refractivity contribution is -0.145. The van der Waals surface area contributed by atoms with E-state index < -0.39 is 18.1 Å². The number of amides is 1. The van der Waals surface area contributed by atoms with E-state index in [9.17, 15) is 14.7 Å². The Morgan fingerprint density at radius 3 is 2.58 bits per heavy atom. The molecule has 1 fully saturated rings. The van der Waals surface area contributed by atoms with Gasteiger partial charge in [0.25, 0.3) is 0 Å². The number of hydrogen-bond donors (Lipinski definition) is 2. The van der Waals surface area contributed by atoms with Gasteiger partial charge in [-0.25, -0.2) is 4.79 Å². The van der Waals surface area contributed by atoms with Crippen molar-refractivity contribution in [2.75, 3.05) is 6.61 Å². The van der Waals surface area contributed by atoms with E-state index in [1.807, 2.05) is 37.3 Å². The average Bonchev–Trinajstić information content (AvgIpc) is 3.41. The molecule has 2 aromatic rings. The van der Waals surface area contributed by atoms with Crippen LogP contribution in [0.3, 0.4) is 0 Å². The van der Waals surface area contributed by atoms with Crippen LogP contribution in [-0.2, 0) is 14.3 Å². The van der Waals surface area contributed by atoms with Crippen LogP contribution < -0.4 is 5.32 Å². The lowest BCUT2D eigenvalue weighted by atomic mass is 9.98. The minimum absolute atomic E-state index is 0.201. The van der Waals surface area contributed by atoms with Gasteiger partial charge in [0.2, 0.25) is 5.91 Å². The standard InChI is InChI=1S/C19H21NO4/c1-2-24-17(13-10-11-13)18(21)20-16(19(22)23)15-9-5-7-12-6-3-4-8-14(12)15/h3-9,13,16-17H,2,10-11H2,1H3,(H,20,21)(H,22,23). The molecule has 1 aliphatic carbocycles. The average molecular weight is 327 g/mol. The fraction of sp³-hybridized carbons (Fsp3) is 0.368. The topological polar surface area (TPSA) is 75.6 Å². The van der Waals surface area contributed by atoms with Gasteiger partial charge in [0.1, 0.15) is 6.10 Å². The number of fused-ring (bicyclic) bond motifs is 1. The summed E-state index contributed by atoms with van der Waals surface area (Å²) in [6.45, 7) is 2.27. The summed E-state index contributed by atoms with van der Waals surface area (Å²) >= 11 is 0. The van der Waals surface area contributed by atoms with E-state index in [-0.39, 0.29) is 11.8 Å². The first-order chi connectivity index (χ1) is 11.6. The highest BCUT2D eigenvalue weighted by Crippen LogP contribution is 2.35. The predicted molar refractivity (Wildman–Crippen MR) is 90.6 cm³/mol. The summed E-state index contributed by atoms with van der Waals surface area (Å²) in [5.74, 6) is -1.22. The van der Waals surface area contributed by atoms with Crippen LogP contribution >= 0.6 is 0 Å². The molecule has 2 unspecified atom stereocenters. The first kappa shape index (κ1) is 16.5. The number of nitrogens with one attached hydrogen (secondary N) is 1. The second-order valence-electron chi connectivity index (χ2n) is 6.06. The van der Waals surface area contributed by atoms with Gasteiger partial charge in [0, 0.05) is 6.61 Å². The third-order valence-corrected chi connectivity index (χ3v) is 4.32. The highest BCUT2D eigenvalue weighted by Gasteiger charge is 2.38. The fourth-order valence-corrected chi connectivity index (χ4v) is 3.00. The van der Waals surface area contributed by atoms with Crippen LogP contribution in [0.2, 0.25) is 0 Å². The molecular weight excluding hydrogens is 306 g/mol. The van der Waals surface area contributed by atoms with Gasteiger partial charge in [-0.3, -0.25) is 4.79 Å². The van der Waals surface area contributed by atoms with E-state index in [1.54, 1.807) is 12.1 Å². The molecule has 0 spiro atoms. The molecule has 2 atom stereocenters. The lowest BCUT2D eigenvalue weighted by Crippen LogP contribution is -2.42. The highest BCUT2D eigenvalue weighted by atomic mass is 16.5. The van der Waals surface area contributed by atoms with E-state index >= 15 is 0 Å². The number of benzene rings is 2. The maximum absolute atomic E-state index is 12.5. The van der Waals surface area contributed by atoms with Crippen LogP contribution in [-0.4, -0.2) is 29.7 Å². The molecule has 2 N–H and O–H groups in total. The number of carboxylic acids is 1. The Morgan fingerprint density at radius 2 is 1.92 bits per heavy atom. The molecule has 0 saturated heterocycles. The predicted octanol–water partition coefficient (Wildman–Crippen LogP) is 2.90. The highest BCUT2D eigenvalue weighted by molar-refractivity contribution is 5.93. The summed E-state index contributed by atoms with van der Waals surface area (Å²) in [7, 11) is 0. The number of carbonyl (C=O) groups excluding carboxylic acids is 1. The van der Waals surface area contributed by atoms with Crippen LogP contribution in [0.4, 0.5) is 0 Å². The number of carboxylic acid groups (broad SMARTS) is 1. The molecule has 5 nitrogen and oxygen atoms in total. The van der Waals surface area contributed by atoms with Crippen LogP contribution in [0.5, 0.6) is 0 Å². The van der Waals surface area contributed by atoms with Crippen molar-refractivity contribution in [2.24, 2.45) is 5.92 Å². The van der Waals surface area contributed by atoms with Gasteiger partial charge in [0.15, 0.2) is 6.04 Å². The van der Waals surface area contributed by atoms with Crippen molar-refractivity contribution in [2.45, 2.75) is 31.9 Å². The molecule has 0 aromatic heterocycles. The van der Waals surface area contributed by atoms with Gasteiger partial charge in [-0.15, -0.1) is 0 Å². The molecule has 0 bridgehead atoms. The number of rotatable bonds is 7.